The molecular formula is C16H10ClCuI2NO4. The van der Waals surface area contributed by atoms with E-state index < -0.39 is 5.97 Å². The summed E-state index contributed by atoms with van der Waals surface area (Å²) in [7, 11) is 0. The van der Waals surface area contributed by atoms with Crippen LogP contribution in [0.1, 0.15) is 10.4 Å². The number of carbonyl (C=O) groups is 1. The van der Waals surface area contributed by atoms with Crippen LogP contribution < -0.4 is 0 Å². The molecule has 0 saturated heterocycles. The largest absolute Gasteiger partial charge is 0.506 e. The molecule has 9 heteroatoms. The number of nitrogens with zero attached hydrogens (tertiary/aromatic N) is 1. The summed E-state index contributed by atoms with van der Waals surface area (Å²) < 4.78 is 1.35. The maximum atomic E-state index is 10.6. The maximum Gasteiger partial charge on any atom is 0.339 e. The fourth-order valence-electron chi connectivity index (χ4n) is 1.85. The van der Waals surface area contributed by atoms with Gasteiger partial charge in [-0.15, -0.1) is 0 Å². The van der Waals surface area contributed by atoms with Gasteiger partial charge in [-0.2, -0.15) is 0 Å². The molecule has 3 N–H and O–H groups in total. The molecule has 0 unspecified atom stereocenters. The first-order valence-electron chi connectivity index (χ1n) is 6.44. The van der Waals surface area contributed by atoms with Gasteiger partial charge in [0.1, 0.15) is 22.6 Å². The zero-order valence-corrected chi connectivity index (χ0v) is 18.2. The van der Waals surface area contributed by atoms with Crippen LogP contribution in [0.15, 0.2) is 42.6 Å². The van der Waals surface area contributed by atoms with Crippen molar-refractivity contribution in [3.05, 3.63) is 60.3 Å². The zero-order chi connectivity index (χ0) is 17.9. The van der Waals surface area contributed by atoms with Gasteiger partial charge in [0.15, 0.2) is 0 Å². The number of aromatic hydroxyl groups is 2. The van der Waals surface area contributed by atoms with Crippen LogP contribution in [0, 0.1) is 7.14 Å². The molecule has 2 aromatic carbocycles. The summed E-state index contributed by atoms with van der Waals surface area (Å²) in [4.78, 5) is 14.6. The second-order valence-corrected chi connectivity index (χ2v) is 7.37. The maximum absolute atomic E-state index is 10.6. The molecule has 0 atom stereocenters. The first-order chi connectivity index (χ1) is 11.3. The number of aromatic carboxylic acids is 1. The molecule has 0 saturated carbocycles. The van der Waals surface area contributed by atoms with Crippen molar-refractivity contribution in [3.63, 3.8) is 0 Å². The smallest absolute Gasteiger partial charge is 0.339 e. The summed E-state index contributed by atoms with van der Waals surface area (Å²) in [6.45, 7) is 0. The van der Waals surface area contributed by atoms with Gasteiger partial charge in [-0.25, -0.2) is 4.79 Å². The van der Waals surface area contributed by atoms with Crippen LogP contribution in [0.5, 0.6) is 11.5 Å². The van der Waals surface area contributed by atoms with Crippen molar-refractivity contribution in [2.75, 3.05) is 0 Å². The SMILES string of the molecule is O=C(O)c1cc(I)cc(I)c1O.Oc1ccc(Cl)c2cccnc12.[Cu]. The van der Waals surface area contributed by atoms with E-state index in [2.05, 4.69) is 4.98 Å². The van der Waals surface area contributed by atoms with Crippen molar-refractivity contribution < 1.29 is 37.2 Å². The number of pyridine rings is 1. The molecule has 0 aliphatic rings. The van der Waals surface area contributed by atoms with Gasteiger partial charge in [-0.1, -0.05) is 11.6 Å². The monoisotopic (exact) mass is 632 g/mol. The molecule has 0 fully saturated rings. The van der Waals surface area contributed by atoms with Gasteiger partial charge in [-0.3, -0.25) is 4.98 Å². The first kappa shape index (κ1) is 22.2. The number of hydrogen-bond acceptors (Lipinski definition) is 4. The van der Waals surface area contributed by atoms with E-state index in [0.29, 0.717) is 14.1 Å². The average Bonchev–Trinajstić information content (AvgIpc) is 2.55. The number of aromatic nitrogens is 1. The van der Waals surface area contributed by atoms with Crippen LogP contribution in [0.2, 0.25) is 5.02 Å². The van der Waals surface area contributed by atoms with Gasteiger partial charge < -0.3 is 15.3 Å². The second-order valence-electron chi connectivity index (χ2n) is 4.56. The Hall–Kier alpha value is -0.811. The number of rotatable bonds is 1. The van der Waals surface area contributed by atoms with Crippen LogP contribution in [0.4, 0.5) is 0 Å². The molecule has 135 valence electrons. The number of carboxylic acid groups (broad SMARTS) is 1. The quantitative estimate of drug-likeness (QED) is 0.263. The van der Waals surface area contributed by atoms with Gasteiger partial charge >= 0.3 is 5.97 Å². The number of phenolic OH excluding ortho intramolecular Hbond substituents is 1. The van der Waals surface area contributed by atoms with Crippen molar-refractivity contribution in [1.29, 1.82) is 0 Å². The Morgan fingerprint density at radius 3 is 2.40 bits per heavy atom. The summed E-state index contributed by atoms with van der Waals surface area (Å²) in [5.74, 6) is -1.11. The van der Waals surface area contributed by atoms with Gasteiger partial charge in [0.2, 0.25) is 0 Å². The summed E-state index contributed by atoms with van der Waals surface area (Å²) >= 11 is 9.77. The number of halogens is 3. The fourth-order valence-corrected chi connectivity index (χ4v) is 3.91. The zero-order valence-electron chi connectivity index (χ0n) is 12.2. The summed E-state index contributed by atoms with van der Waals surface area (Å²) in [6, 6.07) is 9.94. The van der Waals surface area contributed by atoms with E-state index in [9.17, 15) is 15.0 Å². The van der Waals surface area contributed by atoms with Crippen LogP contribution in [0.25, 0.3) is 10.9 Å². The van der Waals surface area contributed by atoms with Crippen LogP contribution in [-0.2, 0) is 17.1 Å². The molecule has 3 aromatic rings. The number of hydrogen-bond donors (Lipinski definition) is 3. The number of benzene rings is 2. The Morgan fingerprint density at radius 2 is 1.80 bits per heavy atom. The third-order valence-electron chi connectivity index (χ3n) is 2.95. The number of fused-ring (bicyclic) bond motifs is 1. The standard InChI is InChI=1S/C9H6ClNO.C7H4I2O3.Cu/c10-7-3-4-8(12)9-6(7)2-1-5-11-9;8-3-1-4(7(11)12)6(10)5(9)2-3;/h1-5,12H;1-2,10H,(H,11,12);. The predicted octanol–water partition coefficient (Wildman–Crippen LogP) is 4.89. The van der Waals surface area contributed by atoms with Crippen LogP contribution >= 0.6 is 56.8 Å². The summed E-state index contributed by atoms with van der Waals surface area (Å²) in [5.41, 5.74) is 0.497. The molecule has 1 radical (unpaired) electrons. The van der Waals surface area contributed by atoms with Crippen LogP contribution in [0.3, 0.4) is 0 Å². The molecule has 0 aliphatic carbocycles. The van der Waals surface area contributed by atoms with Gasteiger partial charge in [0, 0.05) is 32.2 Å². The van der Waals surface area contributed by atoms with E-state index in [1.807, 2.05) is 51.2 Å². The van der Waals surface area contributed by atoms with Crippen molar-refractivity contribution in [1.82, 2.24) is 4.98 Å². The second kappa shape index (κ2) is 9.77. The molecule has 0 amide bonds. The fraction of sp³-hybridized carbons (Fsp3) is 0. The van der Waals surface area contributed by atoms with E-state index in [1.165, 1.54) is 12.1 Å². The first-order valence-corrected chi connectivity index (χ1v) is 8.98. The van der Waals surface area contributed by atoms with Crippen LogP contribution in [-0.4, -0.2) is 26.3 Å². The number of carboxylic acids is 1. The Labute approximate surface area is 186 Å². The summed E-state index contributed by atoms with van der Waals surface area (Å²) in [6.07, 6.45) is 1.62. The van der Waals surface area contributed by atoms with E-state index in [0.717, 1.165) is 8.96 Å². The van der Waals surface area contributed by atoms with Gasteiger partial charge in [0.25, 0.3) is 0 Å². The molecule has 1 aromatic heterocycles. The van der Waals surface area contributed by atoms with Crippen molar-refractivity contribution in [3.8, 4) is 11.5 Å². The van der Waals surface area contributed by atoms with E-state index in [-0.39, 0.29) is 34.1 Å². The Morgan fingerprint density at radius 1 is 1.12 bits per heavy atom. The molecule has 5 nitrogen and oxygen atoms in total. The number of phenols is 2. The summed E-state index contributed by atoms with van der Waals surface area (Å²) in [5, 5.41) is 28.7. The van der Waals surface area contributed by atoms with E-state index in [1.54, 1.807) is 24.4 Å². The third-order valence-corrected chi connectivity index (χ3v) is 4.73. The molecule has 25 heavy (non-hydrogen) atoms. The predicted molar refractivity (Wildman–Crippen MR) is 109 cm³/mol. The molecule has 3 rings (SSSR count). The minimum atomic E-state index is -1.11. The normalized spacial score (nSPS) is 9.72. The minimum Gasteiger partial charge on any atom is -0.506 e. The average molecular weight is 633 g/mol. The Bertz CT molecular complexity index is 884. The van der Waals surface area contributed by atoms with Crippen molar-refractivity contribution in [2.24, 2.45) is 0 Å². The Kier molecular flexibility index (Phi) is 8.69. The van der Waals surface area contributed by atoms with Gasteiger partial charge in [-0.05, 0) is 81.6 Å². The van der Waals surface area contributed by atoms with Crippen molar-refractivity contribution in [2.45, 2.75) is 0 Å². The molecular weight excluding hydrogens is 623 g/mol. The molecule has 0 aliphatic heterocycles. The molecule has 0 bridgehead atoms. The topological polar surface area (TPSA) is 90.7 Å². The minimum absolute atomic E-state index is 0. The van der Waals surface area contributed by atoms with E-state index in [4.69, 9.17) is 16.7 Å². The van der Waals surface area contributed by atoms with E-state index >= 15 is 0 Å². The Balaban J connectivity index is 0.000000240. The molecule has 0 spiro atoms. The van der Waals surface area contributed by atoms with Crippen molar-refractivity contribution >= 4 is 73.7 Å². The third kappa shape index (κ3) is 5.58. The molecule has 1 heterocycles. The van der Waals surface area contributed by atoms with Gasteiger partial charge in [0.05, 0.1) is 8.59 Å².